The summed E-state index contributed by atoms with van der Waals surface area (Å²) < 4.78 is 0. The zero-order chi connectivity index (χ0) is 18.2. The number of hydrogen-bond donors (Lipinski definition) is 2. The average molecular weight is 344 g/mol. The summed E-state index contributed by atoms with van der Waals surface area (Å²) in [4.78, 5) is 12.4. The van der Waals surface area contributed by atoms with E-state index >= 15 is 0 Å². The molecule has 0 radical (unpaired) electrons. The first kappa shape index (κ1) is 17.7. The number of carbonyl (C=O) groups excluding carboxylic acids is 1. The van der Waals surface area contributed by atoms with Crippen LogP contribution in [-0.2, 0) is 17.6 Å². The van der Waals surface area contributed by atoms with E-state index in [9.17, 15) is 4.79 Å². The zero-order valence-corrected chi connectivity index (χ0v) is 15.0. The van der Waals surface area contributed by atoms with Crippen LogP contribution >= 0.6 is 0 Å². The summed E-state index contributed by atoms with van der Waals surface area (Å²) in [6.07, 6.45) is 1.73. The highest BCUT2D eigenvalue weighted by molar-refractivity contribution is 5.94. The molecule has 132 valence electrons. The van der Waals surface area contributed by atoms with Gasteiger partial charge in [-0.05, 0) is 41.7 Å². The molecule has 0 aliphatic heterocycles. The van der Waals surface area contributed by atoms with Crippen LogP contribution in [0.15, 0.2) is 78.9 Å². The van der Waals surface area contributed by atoms with Gasteiger partial charge in [-0.25, -0.2) is 0 Å². The van der Waals surface area contributed by atoms with Crippen molar-refractivity contribution in [2.75, 3.05) is 17.2 Å². The van der Waals surface area contributed by atoms with Crippen LogP contribution < -0.4 is 10.6 Å². The van der Waals surface area contributed by atoms with Gasteiger partial charge in [0.15, 0.2) is 0 Å². The summed E-state index contributed by atoms with van der Waals surface area (Å²) in [6.45, 7) is 2.36. The van der Waals surface area contributed by atoms with Crippen molar-refractivity contribution in [3.8, 4) is 0 Å². The molecule has 0 saturated carbocycles. The SMILES string of the molecule is CCc1ccccc1NCC(=O)Nc1ccccc1Cc1ccccc1. The summed E-state index contributed by atoms with van der Waals surface area (Å²) >= 11 is 0. The highest BCUT2D eigenvalue weighted by Gasteiger charge is 2.08. The van der Waals surface area contributed by atoms with E-state index in [0.29, 0.717) is 0 Å². The van der Waals surface area contributed by atoms with Crippen LogP contribution in [0.5, 0.6) is 0 Å². The molecular formula is C23H24N2O. The lowest BCUT2D eigenvalue weighted by molar-refractivity contribution is -0.114. The van der Waals surface area contributed by atoms with E-state index < -0.39 is 0 Å². The maximum Gasteiger partial charge on any atom is 0.243 e. The van der Waals surface area contributed by atoms with Crippen molar-refractivity contribution in [2.24, 2.45) is 0 Å². The Morgan fingerprint density at radius 2 is 1.38 bits per heavy atom. The number of hydrogen-bond acceptors (Lipinski definition) is 2. The molecule has 0 aromatic heterocycles. The Morgan fingerprint density at radius 1 is 0.769 bits per heavy atom. The molecule has 0 fully saturated rings. The van der Waals surface area contributed by atoms with Crippen molar-refractivity contribution in [3.63, 3.8) is 0 Å². The molecule has 1 amide bonds. The van der Waals surface area contributed by atoms with Gasteiger partial charge in [0.25, 0.3) is 0 Å². The largest absolute Gasteiger partial charge is 0.376 e. The Hall–Kier alpha value is -3.07. The van der Waals surface area contributed by atoms with Gasteiger partial charge in [0.1, 0.15) is 0 Å². The van der Waals surface area contributed by atoms with Crippen molar-refractivity contribution >= 4 is 17.3 Å². The maximum absolute atomic E-state index is 12.4. The highest BCUT2D eigenvalue weighted by atomic mass is 16.1. The van der Waals surface area contributed by atoms with Crippen LogP contribution in [0, 0.1) is 0 Å². The molecule has 0 aliphatic carbocycles. The Balaban J connectivity index is 1.64. The van der Waals surface area contributed by atoms with Crippen LogP contribution in [0.25, 0.3) is 0 Å². The fourth-order valence-electron chi connectivity index (χ4n) is 2.98. The summed E-state index contributed by atoms with van der Waals surface area (Å²) in [5.41, 5.74) is 5.43. The first-order chi connectivity index (χ1) is 12.8. The van der Waals surface area contributed by atoms with Crippen LogP contribution in [0.4, 0.5) is 11.4 Å². The molecule has 2 N–H and O–H groups in total. The average Bonchev–Trinajstić information content (AvgIpc) is 2.69. The predicted molar refractivity (Wildman–Crippen MR) is 109 cm³/mol. The molecule has 3 nitrogen and oxygen atoms in total. The zero-order valence-electron chi connectivity index (χ0n) is 15.0. The molecule has 0 unspecified atom stereocenters. The normalized spacial score (nSPS) is 10.3. The Kier molecular flexibility index (Phi) is 6.05. The second-order valence-electron chi connectivity index (χ2n) is 6.23. The number of nitrogens with one attached hydrogen (secondary N) is 2. The summed E-state index contributed by atoms with van der Waals surface area (Å²) in [7, 11) is 0. The minimum Gasteiger partial charge on any atom is -0.376 e. The molecule has 0 bridgehead atoms. The van der Waals surface area contributed by atoms with Gasteiger partial charge in [0, 0.05) is 11.4 Å². The summed E-state index contributed by atoms with van der Waals surface area (Å²) in [5.74, 6) is -0.0450. The van der Waals surface area contributed by atoms with E-state index in [-0.39, 0.29) is 12.5 Å². The highest BCUT2D eigenvalue weighted by Crippen LogP contribution is 2.19. The molecule has 0 heterocycles. The van der Waals surface area contributed by atoms with Crippen LogP contribution in [0.2, 0.25) is 0 Å². The Bertz CT molecular complexity index is 859. The molecule has 3 aromatic rings. The maximum atomic E-state index is 12.4. The number of aryl methyl sites for hydroxylation is 1. The molecule has 0 atom stereocenters. The van der Waals surface area contributed by atoms with Crippen molar-refractivity contribution in [1.29, 1.82) is 0 Å². The van der Waals surface area contributed by atoms with E-state index in [1.807, 2.05) is 54.6 Å². The molecule has 0 saturated heterocycles. The number of benzene rings is 3. The van der Waals surface area contributed by atoms with E-state index in [2.05, 4.69) is 41.8 Å². The fourth-order valence-corrected chi connectivity index (χ4v) is 2.98. The van der Waals surface area contributed by atoms with Gasteiger partial charge in [-0.15, -0.1) is 0 Å². The first-order valence-corrected chi connectivity index (χ1v) is 8.99. The van der Waals surface area contributed by atoms with Gasteiger partial charge < -0.3 is 10.6 Å². The minimum atomic E-state index is -0.0450. The number of carbonyl (C=O) groups is 1. The lowest BCUT2D eigenvalue weighted by atomic mass is 10.0. The standard InChI is InChI=1S/C23H24N2O/c1-2-19-12-6-8-14-21(19)24-17-23(26)25-22-15-9-7-13-20(22)16-18-10-4-3-5-11-18/h3-15,24H,2,16-17H2,1H3,(H,25,26). The van der Waals surface area contributed by atoms with Crippen molar-refractivity contribution in [3.05, 3.63) is 95.6 Å². The lowest BCUT2D eigenvalue weighted by Gasteiger charge is -2.13. The van der Waals surface area contributed by atoms with Gasteiger partial charge in [-0.3, -0.25) is 4.79 Å². The quantitative estimate of drug-likeness (QED) is 0.641. The molecule has 3 heteroatoms. The summed E-state index contributed by atoms with van der Waals surface area (Å²) in [5, 5.41) is 6.28. The van der Waals surface area contributed by atoms with E-state index in [4.69, 9.17) is 0 Å². The smallest absolute Gasteiger partial charge is 0.243 e. The minimum absolute atomic E-state index is 0.0450. The van der Waals surface area contributed by atoms with E-state index in [1.165, 1.54) is 11.1 Å². The second-order valence-corrected chi connectivity index (χ2v) is 6.23. The molecule has 26 heavy (non-hydrogen) atoms. The van der Waals surface area contributed by atoms with Crippen molar-refractivity contribution in [1.82, 2.24) is 0 Å². The third-order valence-electron chi connectivity index (χ3n) is 4.37. The van der Waals surface area contributed by atoms with E-state index in [1.54, 1.807) is 0 Å². The predicted octanol–water partition coefficient (Wildman–Crippen LogP) is 4.89. The van der Waals surface area contributed by atoms with Gasteiger partial charge in [0.2, 0.25) is 5.91 Å². The molecule has 0 aliphatic rings. The van der Waals surface area contributed by atoms with Crippen LogP contribution in [-0.4, -0.2) is 12.5 Å². The number of anilines is 2. The third-order valence-corrected chi connectivity index (χ3v) is 4.37. The topological polar surface area (TPSA) is 41.1 Å². The summed E-state index contributed by atoms with van der Waals surface area (Å²) in [6, 6.07) is 26.3. The molecule has 3 aromatic carbocycles. The van der Waals surface area contributed by atoms with Gasteiger partial charge in [-0.2, -0.15) is 0 Å². The fraction of sp³-hybridized carbons (Fsp3) is 0.174. The monoisotopic (exact) mass is 344 g/mol. The number of para-hydroxylation sites is 2. The Labute approximate surface area is 155 Å². The first-order valence-electron chi connectivity index (χ1n) is 8.99. The number of rotatable bonds is 7. The van der Waals surface area contributed by atoms with E-state index in [0.717, 1.165) is 29.8 Å². The van der Waals surface area contributed by atoms with Crippen molar-refractivity contribution < 1.29 is 4.79 Å². The van der Waals surface area contributed by atoms with Crippen molar-refractivity contribution in [2.45, 2.75) is 19.8 Å². The Morgan fingerprint density at radius 3 is 2.12 bits per heavy atom. The molecule has 0 spiro atoms. The van der Waals surface area contributed by atoms with Crippen LogP contribution in [0.3, 0.4) is 0 Å². The number of amides is 1. The second kappa shape index (κ2) is 8.86. The third kappa shape index (κ3) is 4.73. The van der Waals surface area contributed by atoms with Crippen LogP contribution in [0.1, 0.15) is 23.6 Å². The molecular weight excluding hydrogens is 320 g/mol. The lowest BCUT2D eigenvalue weighted by Crippen LogP contribution is -2.22. The van der Waals surface area contributed by atoms with Gasteiger partial charge in [0.05, 0.1) is 6.54 Å². The molecule has 3 rings (SSSR count). The van der Waals surface area contributed by atoms with Gasteiger partial charge >= 0.3 is 0 Å². The van der Waals surface area contributed by atoms with Gasteiger partial charge in [-0.1, -0.05) is 73.7 Å².